The maximum Gasteiger partial charge on any atom is 0.231 e. The molecule has 6 heteroatoms. The van der Waals surface area contributed by atoms with Gasteiger partial charge in [-0.1, -0.05) is 13.0 Å². The maximum atomic E-state index is 6.51. The Bertz CT molecular complexity index is 927. The summed E-state index contributed by atoms with van der Waals surface area (Å²) in [6, 6.07) is 11.8. The number of rotatable bonds is 2. The van der Waals surface area contributed by atoms with Gasteiger partial charge in [0.05, 0.1) is 6.10 Å². The highest BCUT2D eigenvalue weighted by Gasteiger charge is 2.78. The Balaban J connectivity index is 1.38. The molecule has 2 fully saturated rings. The molecule has 0 N–H and O–H groups in total. The average Bonchev–Trinajstić information content (AvgIpc) is 3.07. The molecule has 4 aliphatic heterocycles. The molecular formula is C20H18O6. The second-order valence-electron chi connectivity index (χ2n) is 7.33. The van der Waals surface area contributed by atoms with Crippen molar-refractivity contribution in [1.29, 1.82) is 0 Å². The van der Waals surface area contributed by atoms with Crippen molar-refractivity contribution in [3.8, 4) is 23.0 Å². The lowest BCUT2D eigenvalue weighted by atomic mass is 9.85. The molecule has 4 atom stereocenters. The van der Waals surface area contributed by atoms with Crippen molar-refractivity contribution in [2.45, 2.75) is 31.3 Å². The summed E-state index contributed by atoms with van der Waals surface area (Å²) in [7, 11) is 0. The highest BCUT2D eigenvalue weighted by molar-refractivity contribution is 5.49. The molecule has 0 spiro atoms. The first-order chi connectivity index (χ1) is 12.6. The van der Waals surface area contributed by atoms with Crippen LogP contribution in [0.1, 0.15) is 31.1 Å². The number of epoxide rings is 1. The predicted molar refractivity (Wildman–Crippen MR) is 89.3 cm³/mol. The second kappa shape index (κ2) is 4.64. The smallest absolute Gasteiger partial charge is 0.231 e. The number of fused-ring (bicyclic) bond motifs is 3. The molecular weight excluding hydrogens is 336 g/mol. The van der Waals surface area contributed by atoms with Crippen LogP contribution in [0.5, 0.6) is 23.0 Å². The molecule has 6 nitrogen and oxygen atoms in total. The monoisotopic (exact) mass is 354 g/mol. The van der Waals surface area contributed by atoms with E-state index in [4.69, 9.17) is 28.4 Å². The molecule has 0 radical (unpaired) electrons. The lowest BCUT2D eigenvalue weighted by Crippen LogP contribution is -2.21. The van der Waals surface area contributed by atoms with Crippen molar-refractivity contribution >= 4 is 0 Å². The minimum Gasteiger partial charge on any atom is -0.454 e. The molecule has 0 amide bonds. The lowest BCUT2D eigenvalue weighted by molar-refractivity contribution is -0.107. The third kappa shape index (κ3) is 1.68. The second-order valence-corrected chi connectivity index (χ2v) is 7.33. The predicted octanol–water partition coefficient (Wildman–Crippen LogP) is 3.49. The van der Waals surface area contributed by atoms with Gasteiger partial charge < -0.3 is 28.4 Å². The topological polar surface area (TPSA) is 58.7 Å². The van der Waals surface area contributed by atoms with Gasteiger partial charge in [0.2, 0.25) is 19.4 Å². The fourth-order valence-corrected chi connectivity index (χ4v) is 4.34. The molecule has 0 bridgehead atoms. The fraction of sp³-hybridized carbons (Fsp3) is 0.400. The van der Waals surface area contributed by atoms with Crippen LogP contribution in [0.4, 0.5) is 0 Å². The Kier molecular flexibility index (Phi) is 2.62. The Morgan fingerprint density at radius 2 is 1.50 bits per heavy atom. The van der Waals surface area contributed by atoms with Gasteiger partial charge in [-0.3, -0.25) is 0 Å². The highest BCUT2D eigenvalue weighted by atomic mass is 16.8. The van der Waals surface area contributed by atoms with Gasteiger partial charge in [-0.2, -0.15) is 0 Å². The molecule has 0 saturated carbocycles. The summed E-state index contributed by atoms with van der Waals surface area (Å²) >= 11 is 0. The van der Waals surface area contributed by atoms with Crippen LogP contribution in [0.2, 0.25) is 0 Å². The van der Waals surface area contributed by atoms with Gasteiger partial charge in [-0.15, -0.1) is 0 Å². The molecule has 4 aliphatic rings. The Morgan fingerprint density at radius 3 is 2.27 bits per heavy atom. The van der Waals surface area contributed by atoms with Gasteiger partial charge in [-0.25, -0.2) is 0 Å². The molecule has 26 heavy (non-hydrogen) atoms. The number of ether oxygens (including phenoxy) is 6. The van der Waals surface area contributed by atoms with Gasteiger partial charge in [0, 0.05) is 11.5 Å². The summed E-state index contributed by atoms with van der Waals surface area (Å²) in [5.74, 6) is 2.45. The van der Waals surface area contributed by atoms with Crippen LogP contribution in [0, 0.1) is 5.92 Å². The Labute approximate surface area is 150 Å². The molecule has 0 aliphatic carbocycles. The minimum atomic E-state index is -0.756. The molecule has 6 rings (SSSR count). The quantitative estimate of drug-likeness (QED) is 0.770. The van der Waals surface area contributed by atoms with E-state index in [9.17, 15) is 0 Å². The molecule has 2 aromatic carbocycles. The van der Waals surface area contributed by atoms with Crippen LogP contribution in [-0.4, -0.2) is 19.2 Å². The maximum absolute atomic E-state index is 6.51. The van der Waals surface area contributed by atoms with Crippen LogP contribution in [0.3, 0.4) is 0 Å². The van der Waals surface area contributed by atoms with E-state index in [2.05, 4.69) is 13.8 Å². The van der Waals surface area contributed by atoms with E-state index >= 15 is 0 Å². The molecule has 0 unspecified atom stereocenters. The third-order valence-corrected chi connectivity index (χ3v) is 6.06. The SMILES string of the molecule is C[C@H]1[C@H](c2ccc3c(c2)OCO3)O[C@@]2(c3ccc4c(c3)OCO4)O[C@@]12C. The van der Waals surface area contributed by atoms with Crippen LogP contribution in [0.25, 0.3) is 0 Å². The van der Waals surface area contributed by atoms with Crippen LogP contribution < -0.4 is 18.9 Å². The van der Waals surface area contributed by atoms with Gasteiger partial charge in [0.15, 0.2) is 23.0 Å². The van der Waals surface area contributed by atoms with Crippen molar-refractivity contribution in [2.24, 2.45) is 5.92 Å². The summed E-state index contributed by atoms with van der Waals surface area (Å²) in [6.07, 6.45) is -0.0892. The van der Waals surface area contributed by atoms with Gasteiger partial charge >= 0.3 is 0 Å². The fourth-order valence-electron chi connectivity index (χ4n) is 4.34. The number of hydrogen-bond acceptors (Lipinski definition) is 6. The first kappa shape index (κ1) is 14.7. The standard InChI is InChI=1S/C20H18O6/c1-11-18(12-3-5-14-16(7-12)23-9-21-14)25-20(19(11,2)26-20)13-4-6-15-17(8-13)24-10-22-15/h3-8,11,18H,9-10H2,1-2H3/t11-,18+,19-,20-/m0/s1. The van der Waals surface area contributed by atoms with Crippen LogP contribution in [-0.2, 0) is 15.3 Å². The minimum absolute atomic E-state index is 0.0892. The molecule has 134 valence electrons. The van der Waals surface area contributed by atoms with E-state index in [-0.39, 0.29) is 31.2 Å². The summed E-state index contributed by atoms with van der Waals surface area (Å²) in [5, 5.41) is 0. The third-order valence-electron chi connectivity index (χ3n) is 6.06. The first-order valence-corrected chi connectivity index (χ1v) is 8.78. The van der Waals surface area contributed by atoms with Crippen molar-refractivity contribution in [1.82, 2.24) is 0 Å². The van der Waals surface area contributed by atoms with Gasteiger partial charge in [0.25, 0.3) is 0 Å². The molecule has 0 aromatic heterocycles. The zero-order valence-electron chi connectivity index (χ0n) is 14.5. The van der Waals surface area contributed by atoms with Gasteiger partial charge in [0.1, 0.15) is 5.60 Å². The van der Waals surface area contributed by atoms with E-state index in [1.54, 1.807) is 0 Å². The molecule has 2 aromatic rings. The van der Waals surface area contributed by atoms with E-state index < -0.39 is 5.79 Å². The lowest BCUT2D eigenvalue weighted by Gasteiger charge is -2.22. The average molecular weight is 354 g/mol. The first-order valence-electron chi connectivity index (χ1n) is 8.78. The number of hydrogen-bond donors (Lipinski definition) is 0. The van der Waals surface area contributed by atoms with Crippen molar-refractivity contribution < 1.29 is 28.4 Å². The van der Waals surface area contributed by atoms with Crippen LogP contribution in [0.15, 0.2) is 36.4 Å². The summed E-state index contributed by atoms with van der Waals surface area (Å²) in [5.41, 5.74) is 1.64. The van der Waals surface area contributed by atoms with E-state index in [1.165, 1.54) is 0 Å². The molecule has 2 saturated heterocycles. The molecule has 4 heterocycles. The zero-order chi connectivity index (χ0) is 17.5. The Hall–Kier alpha value is -2.44. The largest absolute Gasteiger partial charge is 0.454 e. The van der Waals surface area contributed by atoms with Gasteiger partial charge in [-0.05, 0) is 42.8 Å². The number of benzene rings is 2. The van der Waals surface area contributed by atoms with Crippen LogP contribution >= 0.6 is 0 Å². The Morgan fingerprint density at radius 1 is 0.846 bits per heavy atom. The normalized spacial score (nSPS) is 35.5. The summed E-state index contributed by atoms with van der Waals surface area (Å²) in [4.78, 5) is 0. The summed E-state index contributed by atoms with van der Waals surface area (Å²) < 4.78 is 34.5. The van der Waals surface area contributed by atoms with Crippen molar-refractivity contribution in [3.05, 3.63) is 47.5 Å². The van der Waals surface area contributed by atoms with E-state index in [0.29, 0.717) is 0 Å². The summed E-state index contributed by atoms with van der Waals surface area (Å²) in [6.45, 7) is 4.79. The van der Waals surface area contributed by atoms with E-state index in [0.717, 1.165) is 34.1 Å². The van der Waals surface area contributed by atoms with Crippen molar-refractivity contribution in [3.63, 3.8) is 0 Å². The zero-order valence-corrected chi connectivity index (χ0v) is 14.5. The van der Waals surface area contributed by atoms with Crippen molar-refractivity contribution in [2.75, 3.05) is 13.6 Å². The van der Waals surface area contributed by atoms with E-state index in [1.807, 2.05) is 36.4 Å². The highest BCUT2D eigenvalue weighted by Crippen LogP contribution is 2.70.